The Bertz CT molecular complexity index is 91.1. The summed E-state index contributed by atoms with van der Waals surface area (Å²) < 4.78 is 0. The highest BCUT2D eigenvalue weighted by Gasteiger charge is 2.35. The van der Waals surface area contributed by atoms with Gasteiger partial charge in [-0.3, -0.25) is 0 Å². The minimum Gasteiger partial charge on any atom is -0.214 e. The lowest BCUT2D eigenvalue weighted by Gasteiger charge is -2.24. The highest BCUT2D eigenvalue weighted by molar-refractivity contribution is 7.54. The van der Waals surface area contributed by atoms with Gasteiger partial charge in [-0.2, -0.15) is 0 Å². The maximum Gasteiger partial charge on any atom is 0.643 e. The summed E-state index contributed by atoms with van der Waals surface area (Å²) >= 11 is 9.70. The molecule has 0 aromatic carbocycles. The van der Waals surface area contributed by atoms with Crippen molar-refractivity contribution in [3.8, 4) is 0 Å². The first-order chi connectivity index (χ1) is 4.44. The number of hydrogen-bond donors (Lipinski definition) is 0. The first kappa shape index (κ1) is 19.7. The van der Waals surface area contributed by atoms with Gasteiger partial charge in [-0.1, -0.05) is 21.3 Å². The molecule has 12 heavy (non-hydrogen) atoms. The fraction of sp³-hybridized carbons (Fsp3) is 1.00. The topological polar surface area (TPSA) is 0 Å². The third-order valence-corrected chi connectivity index (χ3v) is 5.52. The predicted molar refractivity (Wildman–Crippen MR) is 68.5 cm³/mol. The Hall–Kier alpha value is 2.20. The lowest BCUT2D eigenvalue weighted by atomic mass is 10.5. The minimum absolute atomic E-state index is 0. The Balaban J connectivity index is -0.000000124. The van der Waals surface area contributed by atoms with Crippen molar-refractivity contribution in [2.45, 2.75) is 33.4 Å². The summed E-state index contributed by atoms with van der Waals surface area (Å²) in [5, 5.41) is 0. The minimum atomic E-state index is -1.72. The van der Waals surface area contributed by atoms with Gasteiger partial charge in [0.05, 0.1) is 0 Å². The van der Waals surface area contributed by atoms with Crippen LogP contribution in [0.5, 0.6) is 0 Å². The second-order valence-corrected chi connectivity index (χ2v) is 16.0. The molecule has 0 amide bonds. The highest BCUT2D eigenvalue weighted by atomic mass is 35.8. The summed E-state index contributed by atoms with van der Waals surface area (Å²) in [5.41, 5.74) is 0. The van der Waals surface area contributed by atoms with Crippen LogP contribution in [-0.2, 0) is 0 Å². The van der Waals surface area contributed by atoms with E-state index in [-0.39, 0.29) is 14.9 Å². The second-order valence-electron chi connectivity index (χ2n) is 1.96. The smallest absolute Gasteiger partial charge is 0.214 e. The average molecular weight is 306 g/mol. The molecule has 0 N–H and O–H groups in total. The van der Waals surface area contributed by atoms with Crippen molar-refractivity contribution in [1.82, 2.24) is 0 Å². The van der Waals surface area contributed by atoms with E-state index in [2.05, 4.69) is 0 Å². The lowest BCUT2D eigenvalue weighted by molar-refractivity contribution is 0.951. The normalized spacial score (nSPS) is 16.8. The standard InChI is InChI=1S/C3H6Cl2Si.2CH4.Al.3ClH/c4-6(5)2-1-3-6;;;;;;/h1-3H2;2*1H4;;3*1H/q;;;+3;;;/p-3. The molecule has 0 aliphatic carbocycles. The molecule has 1 aliphatic heterocycles. The van der Waals surface area contributed by atoms with Gasteiger partial charge in [-0.05, 0) is 12.1 Å². The molecule has 0 unspecified atom stereocenters. The molecule has 76 valence electrons. The Morgan fingerprint density at radius 3 is 1.08 bits per heavy atom. The Labute approximate surface area is 103 Å². The Kier molecular flexibility index (Phi) is 16.0. The van der Waals surface area contributed by atoms with Gasteiger partial charge in [0, 0.05) is 0 Å². The summed E-state index contributed by atoms with van der Waals surface area (Å²) in [5.74, 6) is 0. The van der Waals surface area contributed by atoms with Crippen LogP contribution in [0.15, 0.2) is 0 Å². The number of rotatable bonds is 0. The maximum absolute atomic E-state index is 5.71. The fourth-order valence-electron chi connectivity index (χ4n) is 0.444. The van der Waals surface area contributed by atoms with E-state index in [9.17, 15) is 0 Å². The van der Waals surface area contributed by atoms with Crippen molar-refractivity contribution < 1.29 is 0 Å². The summed E-state index contributed by atoms with van der Waals surface area (Å²) in [6.45, 7) is -1.51. The first-order valence-corrected chi connectivity index (χ1v) is 12.4. The van der Waals surface area contributed by atoms with Crippen molar-refractivity contribution in [1.29, 1.82) is 0 Å². The molecule has 1 saturated heterocycles. The van der Waals surface area contributed by atoms with Crippen molar-refractivity contribution in [3.63, 3.8) is 0 Å². The van der Waals surface area contributed by atoms with Crippen molar-refractivity contribution in [3.05, 3.63) is 0 Å². The van der Waals surface area contributed by atoms with Crippen LogP contribution in [0.25, 0.3) is 0 Å². The zero-order valence-corrected chi connectivity index (χ0v) is 11.0. The summed E-state index contributed by atoms with van der Waals surface area (Å²) in [7, 11) is 14.8. The molecule has 0 aromatic heterocycles. The van der Waals surface area contributed by atoms with Gasteiger partial charge in [0.2, 0.25) is 0 Å². The Morgan fingerprint density at radius 2 is 1.08 bits per heavy atom. The van der Waals surface area contributed by atoms with Gasteiger partial charge in [0.15, 0.2) is 0 Å². The third kappa shape index (κ3) is 14.7. The molecular formula is C5H14AlCl5Si. The molecule has 0 spiro atoms. The fourth-order valence-corrected chi connectivity index (χ4v) is 2.94. The molecule has 7 heteroatoms. The van der Waals surface area contributed by atoms with Crippen LogP contribution in [0, 0.1) is 0 Å². The highest BCUT2D eigenvalue weighted by Crippen LogP contribution is 2.38. The average Bonchev–Trinajstić information content (AvgIpc) is 1.60. The van der Waals surface area contributed by atoms with E-state index in [4.69, 9.17) is 52.3 Å². The number of halogens is 5. The van der Waals surface area contributed by atoms with E-state index in [1.165, 1.54) is 6.42 Å². The molecule has 0 nitrogen and oxygen atoms in total. The monoisotopic (exact) mass is 304 g/mol. The summed E-state index contributed by atoms with van der Waals surface area (Å²) in [6.07, 6.45) is 1.26. The van der Waals surface area contributed by atoms with E-state index in [1.807, 2.05) is 0 Å². The van der Waals surface area contributed by atoms with Crippen LogP contribution >= 0.6 is 52.3 Å². The third-order valence-electron chi connectivity index (χ3n) is 1.09. The van der Waals surface area contributed by atoms with E-state index in [0.717, 1.165) is 12.1 Å². The zero-order valence-electron chi connectivity index (χ0n) is 5.09. The molecular weight excluding hydrogens is 292 g/mol. The van der Waals surface area contributed by atoms with E-state index >= 15 is 0 Å². The van der Waals surface area contributed by atoms with Crippen LogP contribution in [0.1, 0.15) is 21.3 Å². The molecule has 1 rings (SSSR count). The van der Waals surface area contributed by atoms with Gasteiger partial charge in [-0.25, -0.2) is 30.1 Å². The van der Waals surface area contributed by atoms with Gasteiger partial charge in [0.25, 0.3) is 6.69 Å². The van der Waals surface area contributed by atoms with E-state index in [1.54, 1.807) is 0 Å². The van der Waals surface area contributed by atoms with Gasteiger partial charge in [-0.15, -0.1) is 22.2 Å². The Morgan fingerprint density at radius 1 is 0.917 bits per heavy atom. The summed E-state index contributed by atoms with van der Waals surface area (Å²) in [6, 6.07) is 2.24. The quantitative estimate of drug-likeness (QED) is 0.422. The second kappa shape index (κ2) is 9.74. The van der Waals surface area contributed by atoms with Crippen molar-refractivity contribution in [2.24, 2.45) is 0 Å². The van der Waals surface area contributed by atoms with Crippen molar-refractivity contribution >= 4 is 70.4 Å². The van der Waals surface area contributed by atoms with E-state index < -0.39 is 18.1 Å². The van der Waals surface area contributed by atoms with E-state index in [0.29, 0.717) is 0 Å². The molecule has 1 fully saturated rings. The van der Waals surface area contributed by atoms with Crippen LogP contribution in [0.2, 0.25) is 12.1 Å². The maximum atomic E-state index is 5.71. The van der Waals surface area contributed by atoms with Crippen LogP contribution in [0.4, 0.5) is 0 Å². The van der Waals surface area contributed by atoms with Crippen LogP contribution in [0.3, 0.4) is 0 Å². The predicted octanol–water partition coefficient (Wildman–Crippen LogP) is 5.27. The first-order valence-electron chi connectivity index (χ1n) is 2.74. The van der Waals surface area contributed by atoms with Gasteiger partial charge in [0.1, 0.15) is 0 Å². The largest absolute Gasteiger partial charge is 0.643 e. The molecule has 0 radical (unpaired) electrons. The van der Waals surface area contributed by atoms with Gasteiger partial charge >= 0.3 is 11.4 Å². The molecule has 0 saturated carbocycles. The van der Waals surface area contributed by atoms with Crippen LogP contribution in [-0.4, -0.2) is 18.1 Å². The van der Waals surface area contributed by atoms with Crippen LogP contribution < -0.4 is 0 Å². The SMILES string of the molecule is C.C.Cl[Si]1(Cl)CCC1.[Cl][Al]([Cl])[Cl]. The molecule has 0 bridgehead atoms. The molecule has 1 aliphatic rings. The molecule has 1 heterocycles. The van der Waals surface area contributed by atoms with Gasteiger partial charge < -0.3 is 0 Å². The summed E-state index contributed by atoms with van der Waals surface area (Å²) in [4.78, 5) is 0. The molecule has 0 atom stereocenters. The molecule has 0 aromatic rings. The zero-order chi connectivity index (χ0) is 8.20. The van der Waals surface area contributed by atoms with Crippen molar-refractivity contribution in [2.75, 3.05) is 0 Å². The lowest BCUT2D eigenvalue weighted by Crippen LogP contribution is -2.27. The number of hydrogen-bond acceptors (Lipinski definition) is 0.